The summed E-state index contributed by atoms with van der Waals surface area (Å²) in [6.45, 7) is 3.55. The summed E-state index contributed by atoms with van der Waals surface area (Å²) < 4.78 is 13.0. The lowest BCUT2D eigenvalue weighted by Gasteiger charge is -2.38. The van der Waals surface area contributed by atoms with Gasteiger partial charge in [0.2, 0.25) is 5.91 Å². The number of benzene rings is 2. The average Bonchev–Trinajstić information content (AvgIpc) is 2.95. The molecule has 0 bridgehead atoms. The molecule has 2 aromatic carbocycles. The number of hydrogen-bond acceptors (Lipinski definition) is 6. The van der Waals surface area contributed by atoms with E-state index in [2.05, 4.69) is 10.2 Å². The minimum Gasteiger partial charge on any atom is -0.481 e. The fourth-order valence-corrected chi connectivity index (χ4v) is 5.46. The van der Waals surface area contributed by atoms with Gasteiger partial charge in [0, 0.05) is 37.9 Å². The standard InChI is InChI=1S/C32H44N2O6/c35-23-25-12-14-26(15-13-25)29-20-28(22-34-18-6-2-1-3-7-19-34)39-32(40-29)27-16-10-24(11-17-27)21-33-30(36)8-4-5-9-31(37)38/h10-17,28-29,32,35H,1-9,18-23H2,(H,33,36)(H,37,38)/t28-,29+,32+/m0/s1. The normalized spacial score (nSPS) is 22.3. The van der Waals surface area contributed by atoms with E-state index in [9.17, 15) is 14.7 Å². The highest BCUT2D eigenvalue weighted by Crippen LogP contribution is 2.38. The van der Waals surface area contributed by atoms with Crippen LogP contribution in [-0.4, -0.2) is 52.7 Å². The predicted molar refractivity (Wildman–Crippen MR) is 152 cm³/mol. The molecule has 2 aliphatic heterocycles. The number of carbonyl (C=O) groups excluding carboxylic acids is 1. The number of hydrogen-bond donors (Lipinski definition) is 3. The largest absolute Gasteiger partial charge is 0.481 e. The molecular weight excluding hydrogens is 508 g/mol. The molecule has 0 spiro atoms. The number of rotatable bonds is 12. The summed E-state index contributed by atoms with van der Waals surface area (Å²) in [6.07, 6.45) is 8.11. The molecule has 0 unspecified atom stereocenters. The lowest BCUT2D eigenvalue weighted by molar-refractivity contribution is -0.253. The Morgan fingerprint density at radius 1 is 0.825 bits per heavy atom. The Bertz CT molecular complexity index is 1050. The maximum absolute atomic E-state index is 12.1. The van der Waals surface area contributed by atoms with Gasteiger partial charge in [-0.2, -0.15) is 0 Å². The zero-order valence-corrected chi connectivity index (χ0v) is 23.4. The fourth-order valence-electron chi connectivity index (χ4n) is 5.46. The number of amides is 1. The van der Waals surface area contributed by atoms with Crippen molar-refractivity contribution in [1.29, 1.82) is 0 Å². The van der Waals surface area contributed by atoms with E-state index < -0.39 is 12.3 Å². The SMILES string of the molecule is O=C(O)CCCCC(=O)NCc1ccc([C@@H]2O[C@H](CN3CCCCCCC3)C[C@H](c3ccc(CO)cc3)O2)cc1. The molecule has 0 aliphatic carbocycles. The maximum atomic E-state index is 12.1. The molecule has 8 nitrogen and oxygen atoms in total. The minimum absolute atomic E-state index is 0.0205. The number of aliphatic hydroxyl groups is 1. The smallest absolute Gasteiger partial charge is 0.303 e. The molecule has 0 radical (unpaired) electrons. The second-order valence-electron chi connectivity index (χ2n) is 11.0. The molecule has 1 amide bonds. The third kappa shape index (κ3) is 9.70. The van der Waals surface area contributed by atoms with E-state index >= 15 is 0 Å². The van der Waals surface area contributed by atoms with Gasteiger partial charge in [-0.3, -0.25) is 9.59 Å². The summed E-state index contributed by atoms with van der Waals surface area (Å²) in [7, 11) is 0. The number of aliphatic carboxylic acids is 1. The van der Waals surface area contributed by atoms with E-state index in [1.54, 1.807) is 0 Å². The summed E-state index contributed by atoms with van der Waals surface area (Å²) >= 11 is 0. The molecule has 218 valence electrons. The van der Waals surface area contributed by atoms with Crippen molar-refractivity contribution < 1.29 is 29.3 Å². The molecule has 0 aromatic heterocycles. The highest BCUT2D eigenvalue weighted by Gasteiger charge is 2.33. The maximum Gasteiger partial charge on any atom is 0.303 e. The van der Waals surface area contributed by atoms with Gasteiger partial charge in [-0.25, -0.2) is 0 Å². The van der Waals surface area contributed by atoms with Crippen LogP contribution in [-0.2, 0) is 32.2 Å². The molecule has 40 heavy (non-hydrogen) atoms. The lowest BCUT2D eigenvalue weighted by atomic mass is 9.99. The number of nitrogens with zero attached hydrogens (tertiary/aromatic N) is 1. The first-order valence-corrected chi connectivity index (χ1v) is 14.8. The highest BCUT2D eigenvalue weighted by atomic mass is 16.7. The van der Waals surface area contributed by atoms with Crippen molar-refractivity contribution in [2.45, 2.75) is 95.9 Å². The minimum atomic E-state index is -0.832. The van der Waals surface area contributed by atoms with Gasteiger partial charge in [-0.05, 0) is 55.5 Å². The van der Waals surface area contributed by atoms with Crippen LogP contribution in [0.4, 0.5) is 0 Å². The van der Waals surface area contributed by atoms with Crippen LogP contribution in [0.15, 0.2) is 48.5 Å². The van der Waals surface area contributed by atoms with Gasteiger partial charge in [0.1, 0.15) is 0 Å². The number of aliphatic hydroxyl groups excluding tert-OH is 1. The number of carboxylic acids is 1. The first kappa shape index (κ1) is 30.2. The van der Waals surface area contributed by atoms with Crippen LogP contribution in [0.5, 0.6) is 0 Å². The molecule has 8 heteroatoms. The monoisotopic (exact) mass is 552 g/mol. The Balaban J connectivity index is 1.38. The average molecular weight is 553 g/mol. The van der Waals surface area contributed by atoms with Crippen molar-refractivity contribution in [3.8, 4) is 0 Å². The van der Waals surface area contributed by atoms with Crippen molar-refractivity contribution in [3.63, 3.8) is 0 Å². The highest BCUT2D eigenvalue weighted by molar-refractivity contribution is 5.75. The molecule has 3 N–H and O–H groups in total. The molecule has 2 aliphatic rings. The van der Waals surface area contributed by atoms with Gasteiger partial charge in [-0.15, -0.1) is 0 Å². The van der Waals surface area contributed by atoms with Gasteiger partial charge in [0.05, 0.1) is 18.8 Å². The van der Waals surface area contributed by atoms with Crippen LogP contribution in [0.25, 0.3) is 0 Å². The number of carboxylic acid groups (broad SMARTS) is 1. The van der Waals surface area contributed by atoms with Crippen molar-refractivity contribution in [1.82, 2.24) is 10.2 Å². The van der Waals surface area contributed by atoms with Crippen molar-refractivity contribution >= 4 is 11.9 Å². The first-order chi connectivity index (χ1) is 19.5. The molecular formula is C32H44N2O6. The predicted octanol–water partition coefficient (Wildman–Crippen LogP) is 5.25. The fraction of sp³-hybridized carbons (Fsp3) is 0.562. The van der Waals surface area contributed by atoms with Crippen LogP contribution < -0.4 is 5.32 Å². The van der Waals surface area contributed by atoms with Crippen molar-refractivity contribution in [2.75, 3.05) is 19.6 Å². The Morgan fingerprint density at radius 2 is 1.45 bits per heavy atom. The number of ether oxygens (including phenoxy) is 2. The van der Waals surface area contributed by atoms with Gasteiger partial charge in [0.15, 0.2) is 6.29 Å². The first-order valence-electron chi connectivity index (χ1n) is 14.8. The second-order valence-corrected chi connectivity index (χ2v) is 11.0. The van der Waals surface area contributed by atoms with E-state index in [-0.39, 0.29) is 31.1 Å². The Kier molecular flexibility index (Phi) is 12.0. The van der Waals surface area contributed by atoms with E-state index in [0.29, 0.717) is 25.8 Å². The number of nitrogens with one attached hydrogen (secondary N) is 1. The van der Waals surface area contributed by atoms with E-state index in [0.717, 1.165) is 48.3 Å². The van der Waals surface area contributed by atoms with Crippen LogP contribution in [0.3, 0.4) is 0 Å². The van der Waals surface area contributed by atoms with Crippen LogP contribution >= 0.6 is 0 Å². The van der Waals surface area contributed by atoms with Gasteiger partial charge in [-0.1, -0.05) is 67.8 Å². The molecule has 4 rings (SSSR count). The number of unbranched alkanes of at least 4 members (excludes halogenated alkanes) is 1. The molecule has 2 heterocycles. The zero-order valence-electron chi connectivity index (χ0n) is 23.4. The Labute approximate surface area is 237 Å². The summed E-state index contributed by atoms with van der Waals surface area (Å²) in [5.74, 6) is -0.906. The van der Waals surface area contributed by atoms with Crippen molar-refractivity contribution in [2.24, 2.45) is 0 Å². The zero-order chi connectivity index (χ0) is 28.2. The van der Waals surface area contributed by atoms with E-state index in [1.807, 2.05) is 48.5 Å². The molecule has 2 saturated heterocycles. The Hall–Kier alpha value is -2.78. The molecule has 2 fully saturated rings. The van der Waals surface area contributed by atoms with Crippen LogP contribution in [0.2, 0.25) is 0 Å². The van der Waals surface area contributed by atoms with E-state index in [4.69, 9.17) is 14.6 Å². The van der Waals surface area contributed by atoms with Crippen molar-refractivity contribution in [3.05, 3.63) is 70.8 Å². The second kappa shape index (κ2) is 15.9. The summed E-state index contributed by atoms with van der Waals surface area (Å²) in [4.78, 5) is 25.3. The molecule has 2 aromatic rings. The van der Waals surface area contributed by atoms with E-state index in [1.165, 1.54) is 32.1 Å². The third-order valence-corrected chi connectivity index (χ3v) is 7.81. The number of carbonyl (C=O) groups is 2. The van der Waals surface area contributed by atoms with Gasteiger partial charge < -0.3 is 29.9 Å². The van der Waals surface area contributed by atoms with Crippen LogP contribution in [0.1, 0.15) is 98.9 Å². The van der Waals surface area contributed by atoms with Crippen LogP contribution in [0, 0.1) is 0 Å². The van der Waals surface area contributed by atoms with Gasteiger partial charge in [0.25, 0.3) is 0 Å². The quantitative estimate of drug-likeness (QED) is 0.309. The summed E-state index contributed by atoms with van der Waals surface area (Å²) in [6, 6.07) is 16.0. The summed E-state index contributed by atoms with van der Waals surface area (Å²) in [5, 5.41) is 21.1. The topological polar surface area (TPSA) is 108 Å². The lowest BCUT2D eigenvalue weighted by Crippen LogP contribution is -2.40. The number of likely N-dealkylation sites (tertiary alicyclic amines) is 1. The Morgan fingerprint density at radius 3 is 2.12 bits per heavy atom. The third-order valence-electron chi connectivity index (χ3n) is 7.81. The summed E-state index contributed by atoms with van der Waals surface area (Å²) in [5.41, 5.74) is 3.89. The molecule has 3 atom stereocenters. The molecule has 0 saturated carbocycles. The van der Waals surface area contributed by atoms with Gasteiger partial charge >= 0.3 is 5.97 Å².